The quantitative estimate of drug-likeness (QED) is 0.827. The highest BCUT2D eigenvalue weighted by Gasteiger charge is 2.26. The van der Waals surface area contributed by atoms with E-state index in [1.165, 1.54) is 5.69 Å². The molecule has 0 atom stereocenters. The Morgan fingerprint density at radius 1 is 1.27 bits per heavy atom. The van der Waals surface area contributed by atoms with Crippen molar-refractivity contribution in [3.8, 4) is 0 Å². The van der Waals surface area contributed by atoms with Gasteiger partial charge in [-0.25, -0.2) is 4.98 Å². The Morgan fingerprint density at radius 2 is 1.80 bits per heavy atom. The molecule has 0 amide bonds. The van der Waals surface area contributed by atoms with Gasteiger partial charge in [-0.05, 0) is 27.7 Å². The van der Waals surface area contributed by atoms with E-state index in [1.807, 2.05) is 6.92 Å². The van der Waals surface area contributed by atoms with Crippen LogP contribution in [0.5, 0.6) is 0 Å². The predicted octanol–water partition coefficient (Wildman–Crippen LogP) is 2.27. The van der Waals surface area contributed by atoms with Crippen LogP contribution >= 0.6 is 0 Å². The topological polar surface area (TPSA) is 29.9 Å². The van der Waals surface area contributed by atoms with E-state index < -0.39 is 0 Å². The highest BCUT2D eigenvalue weighted by Crippen LogP contribution is 2.23. The van der Waals surface area contributed by atoms with E-state index in [0.29, 0.717) is 6.04 Å². The van der Waals surface area contributed by atoms with E-state index in [-0.39, 0.29) is 5.54 Å². The van der Waals surface area contributed by atoms with Crippen molar-refractivity contribution in [1.82, 2.24) is 14.9 Å². The zero-order valence-corrected chi connectivity index (χ0v) is 11.0. The molecule has 1 aromatic heterocycles. The Bertz CT molecular complexity index is 348. The van der Waals surface area contributed by atoms with E-state index in [9.17, 15) is 0 Å². The number of rotatable bonds is 3. The zero-order valence-electron chi connectivity index (χ0n) is 11.0. The largest absolute Gasteiger partial charge is 0.335 e. The molecule has 0 unspecified atom stereocenters. The molecule has 86 valence electrons. The molecule has 3 nitrogen and oxygen atoms in total. The summed E-state index contributed by atoms with van der Waals surface area (Å²) in [6.45, 7) is 12.9. The number of aryl methyl sites for hydroxylation is 1. The van der Waals surface area contributed by atoms with Crippen LogP contribution in [-0.2, 0) is 12.6 Å². The molecule has 0 aromatic carbocycles. The van der Waals surface area contributed by atoms with Gasteiger partial charge in [-0.3, -0.25) is 0 Å². The fourth-order valence-electron chi connectivity index (χ4n) is 2.10. The summed E-state index contributed by atoms with van der Waals surface area (Å²) in [5.74, 6) is 1.07. The summed E-state index contributed by atoms with van der Waals surface area (Å²) in [4.78, 5) is 4.63. The number of aromatic nitrogens is 2. The van der Waals surface area contributed by atoms with Crippen molar-refractivity contribution in [2.45, 2.75) is 53.1 Å². The summed E-state index contributed by atoms with van der Waals surface area (Å²) >= 11 is 0. The Labute approximate surface area is 92.9 Å². The molecule has 1 rings (SSSR count). The van der Waals surface area contributed by atoms with Gasteiger partial charge in [0.05, 0.1) is 11.2 Å². The van der Waals surface area contributed by atoms with Gasteiger partial charge in [-0.1, -0.05) is 13.8 Å². The van der Waals surface area contributed by atoms with Gasteiger partial charge < -0.3 is 9.88 Å². The summed E-state index contributed by atoms with van der Waals surface area (Å²) in [5.41, 5.74) is 2.33. The molecule has 1 aromatic rings. The molecular formula is C12H23N3. The van der Waals surface area contributed by atoms with E-state index in [1.54, 1.807) is 0 Å². The second-order valence-electron chi connectivity index (χ2n) is 5.08. The average molecular weight is 209 g/mol. The first kappa shape index (κ1) is 12.2. The standard InChI is InChI=1S/C12H23N3/c1-8(2)14-12(5,6)11-9(3)15(7)10(4)13-11/h8,14H,1-7H3. The molecule has 0 radical (unpaired) electrons. The fourth-order valence-corrected chi connectivity index (χ4v) is 2.10. The number of imidazole rings is 1. The van der Waals surface area contributed by atoms with Crippen molar-refractivity contribution in [2.75, 3.05) is 0 Å². The second-order valence-corrected chi connectivity index (χ2v) is 5.08. The molecule has 0 bridgehead atoms. The third-order valence-electron chi connectivity index (χ3n) is 2.85. The van der Waals surface area contributed by atoms with E-state index >= 15 is 0 Å². The third-order valence-corrected chi connectivity index (χ3v) is 2.85. The lowest BCUT2D eigenvalue weighted by atomic mass is 9.98. The minimum absolute atomic E-state index is 0.0652. The molecule has 0 saturated carbocycles. The van der Waals surface area contributed by atoms with Crippen molar-refractivity contribution in [2.24, 2.45) is 7.05 Å². The lowest BCUT2D eigenvalue weighted by molar-refractivity contribution is 0.355. The smallest absolute Gasteiger partial charge is 0.105 e. The first-order valence-corrected chi connectivity index (χ1v) is 5.54. The lowest BCUT2D eigenvalue weighted by Crippen LogP contribution is -2.41. The summed E-state index contributed by atoms with van der Waals surface area (Å²) < 4.78 is 2.14. The van der Waals surface area contributed by atoms with Gasteiger partial charge in [0, 0.05) is 18.8 Å². The van der Waals surface area contributed by atoms with Crippen LogP contribution in [0.4, 0.5) is 0 Å². The second kappa shape index (κ2) is 3.97. The van der Waals surface area contributed by atoms with Crippen LogP contribution in [0.3, 0.4) is 0 Å². The van der Waals surface area contributed by atoms with Crippen molar-refractivity contribution < 1.29 is 0 Å². The van der Waals surface area contributed by atoms with E-state index in [0.717, 1.165) is 11.5 Å². The maximum absolute atomic E-state index is 4.63. The Morgan fingerprint density at radius 3 is 2.13 bits per heavy atom. The van der Waals surface area contributed by atoms with Crippen molar-refractivity contribution in [3.05, 3.63) is 17.2 Å². The lowest BCUT2D eigenvalue weighted by Gasteiger charge is -2.28. The van der Waals surface area contributed by atoms with Crippen LogP contribution in [0.2, 0.25) is 0 Å². The highest BCUT2D eigenvalue weighted by molar-refractivity contribution is 5.22. The molecule has 0 fully saturated rings. The Balaban J connectivity index is 3.09. The van der Waals surface area contributed by atoms with Crippen molar-refractivity contribution in [1.29, 1.82) is 0 Å². The summed E-state index contributed by atoms with van der Waals surface area (Å²) in [6.07, 6.45) is 0. The van der Waals surface area contributed by atoms with Crippen LogP contribution in [0.15, 0.2) is 0 Å². The van der Waals surface area contributed by atoms with Gasteiger partial charge in [0.15, 0.2) is 0 Å². The van der Waals surface area contributed by atoms with Gasteiger partial charge in [-0.15, -0.1) is 0 Å². The molecule has 0 saturated heterocycles. The minimum Gasteiger partial charge on any atom is -0.335 e. The first-order valence-electron chi connectivity index (χ1n) is 5.54. The van der Waals surface area contributed by atoms with Gasteiger partial charge in [-0.2, -0.15) is 0 Å². The summed E-state index contributed by atoms with van der Waals surface area (Å²) in [7, 11) is 2.06. The summed E-state index contributed by atoms with van der Waals surface area (Å²) in [6, 6.07) is 0.460. The normalized spacial score (nSPS) is 12.5. The van der Waals surface area contributed by atoms with Crippen molar-refractivity contribution >= 4 is 0 Å². The van der Waals surface area contributed by atoms with Gasteiger partial charge in [0.2, 0.25) is 0 Å². The monoisotopic (exact) mass is 209 g/mol. The summed E-state index contributed by atoms with van der Waals surface area (Å²) in [5, 5.41) is 3.54. The SMILES string of the molecule is Cc1nc(C(C)(C)NC(C)C)c(C)n1C. The van der Waals surface area contributed by atoms with E-state index in [4.69, 9.17) is 0 Å². The van der Waals surface area contributed by atoms with Crippen LogP contribution < -0.4 is 5.32 Å². The Kier molecular flexibility index (Phi) is 3.24. The maximum atomic E-state index is 4.63. The molecule has 0 aliphatic rings. The molecule has 0 aliphatic heterocycles. The van der Waals surface area contributed by atoms with Crippen LogP contribution in [-0.4, -0.2) is 15.6 Å². The average Bonchev–Trinajstić information content (AvgIpc) is 2.31. The van der Waals surface area contributed by atoms with Crippen LogP contribution in [0.1, 0.15) is 44.9 Å². The molecule has 1 heterocycles. The van der Waals surface area contributed by atoms with Gasteiger partial charge in [0.1, 0.15) is 5.82 Å². The number of nitrogens with one attached hydrogen (secondary N) is 1. The molecule has 0 aliphatic carbocycles. The van der Waals surface area contributed by atoms with Gasteiger partial charge >= 0.3 is 0 Å². The zero-order chi connectivity index (χ0) is 11.8. The Hall–Kier alpha value is -0.830. The van der Waals surface area contributed by atoms with Crippen LogP contribution in [0.25, 0.3) is 0 Å². The highest BCUT2D eigenvalue weighted by atomic mass is 15.1. The number of hydrogen-bond acceptors (Lipinski definition) is 2. The predicted molar refractivity (Wildman–Crippen MR) is 64.0 cm³/mol. The fraction of sp³-hybridized carbons (Fsp3) is 0.750. The molecule has 3 heteroatoms. The maximum Gasteiger partial charge on any atom is 0.105 e. The number of hydrogen-bond donors (Lipinski definition) is 1. The first-order chi connectivity index (χ1) is 6.75. The molecular weight excluding hydrogens is 186 g/mol. The molecule has 1 N–H and O–H groups in total. The van der Waals surface area contributed by atoms with Crippen LogP contribution in [0, 0.1) is 13.8 Å². The van der Waals surface area contributed by atoms with Crippen molar-refractivity contribution in [3.63, 3.8) is 0 Å². The third kappa shape index (κ3) is 2.40. The van der Waals surface area contributed by atoms with E-state index in [2.05, 4.69) is 56.5 Å². The molecule has 15 heavy (non-hydrogen) atoms. The molecule has 0 spiro atoms. The number of nitrogens with zero attached hydrogens (tertiary/aromatic N) is 2. The minimum atomic E-state index is -0.0652. The van der Waals surface area contributed by atoms with Gasteiger partial charge in [0.25, 0.3) is 0 Å².